The molecule has 0 N–H and O–H groups in total. The van der Waals surface area contributed by atoms with Gasteiger partial charge in [-0.05, 0) is 18.2 Å². The van der Waals surface area contributed by atoms with E-state index in [-0.39, 0.29) is 17.7 Å². The second-order valence-corrected chi connectivity index (χ2v) is 6.28. The van der Waals surface area contributed by atoms with Gasteiger partial charge in [-0.3, -0.25) is 4.79 Å². The SMILES string of the molecule is COc1ccc([C@@H]2CC(=O)Oc3c2c(=O)oc2ccccc32)c(OC)c1OC. The van der Waals surface area contributed by atoms with E-state index in [2.05, 4.69) is 0 Å². The van der Waals surface area contributed by atoms with Crippen LogP contribution in [-0.2, 0) is 4.79 Å². The molecule has 0 spiro atoms. The number of ether oxygens (including phenoxy) is 4. The van der Waals surface area contributed by atoms with Gasteiger partial charge in [0.2, 0.25) is 5.75 Å². The molecule has 0 radical (unpaired) electrons. The quantitative estimate of drug-likeness (QED) is 0.506. The van der Waals surface area contributed by atoms with E-state index in [0.29, 0.717) is 33.8 Å². The Kier molecular flexibility index (Phi) is 4.43. The van der Waals surface area contributed by atoms with Crippen LogP contribution in [-0.4, -0.2) is 27.3 Å². The molecule has 7 heteroatoms. The number of esters is 1. The molecule has 0 bridgehead atoms. The van der Waals surface area contributed by atoms with Crippen molar-refractivity contribution in [1.82, 2.24) is 0 Å². The third-order valence-corrected chi connectivity index (χ3v) is 4.84. The van der Waals surface area contributed by atoms with Crippen LogP contribution in [0.15, 0.2) is 45.6 Å². The van der Waals surface area contributed by atoms with E-state index in [1.807, 2.05) is 0 Å². The van der Waals surface area contributed by atoms with Gasteiger partial charge in [-0.25, -0.2) is 4.79 Å². The number of carbonyl (C=O) groups is 1. The summed E-state index contributed by atoms with van der Waals surface area (Å²) in [4.78, 5) is 25.2. The average Bonchev–Trinajstić information content (AvgIpc) is 2.71. The Balaban J connectivity index is 2.01. The first kappa shape index (κ1) is 17.9. The zero-order valence-electron chi connectivity index (χ0n) is 15.6. The van der Waals surface area contributed by atoms with E-state index in [9.17, 15) is 9.59 Å². The van der Waals surface area contributed by atoms with Crippen molar-refractivity contribution in [2.24, 2.45) is 0 Å². The summed E-state index contributed by atoms with van der Waals surface area (Å²) in [5.41, 5.74) is 0.700. The molecule has 1 atom stereocenters. The molecule has 1 aromatic heterocycles. The highest BCUT2D eigenvalue weighted by Crippen LogP contribution is 2.48. The second-order valence-electron chi connectivity index (χ2n) is 6.28. The van der Waals surface area contributed by atoms with Crippen LogP contribution in [0, 0.1) is 0 Å². The predicted molar refractivity (Wildman–Crippen MR) is 101 cm³/mol. The van der Waals surface area contributed by atoms with Gasteiger partial charge in [0, 0.05) is 11.5 Å². The van der Waals surface area contributed by atoms with E-state index in [1.54, 1.807) is 36.4 Å². The molecule has 0 aliphatic carbocycles. The number of hydrogen-bond acceptors (Lipinski definition) is 7. The molecule has 3 aromatic rings. The van der Waals surface area contributed by atoms with Gasteiger partial charge in [0.1, 0.15) is 5.58 Å². The minimum Gasteiger partial charge on any atom is -0.493 e. The third-order valence-electron chi connectivity index (χ3n) is 4.84. The van der Waals surface area contributed by atoms with Gasteiger partial charge in [0.05, 0.1) is 38.7 Å². The van der Waals surface area contributed by atoms with E-state index in [4.69, 9.17) is 23.4 Å². The molecule has 1 aliphatic rings. The van der Waals surface area contributed by atoms with Crippen molar-refractivity contribution in [3.05, 3.63) is 57.9 Å². The highest BCUT2D eigenvalue weighted by atomic mass is 16.5. The Morgan fingerprint density at radius 1 is 0.929 bits per heavy atom. The van der Waals surface area contributed by atoms with Gasteiger partial charge in [0.15, 0.2) is 17.2 Å². The predicted octanol–water partition coefficient (Wildman–Crippen LogP) is 3.26. The molecule has 4 rings (SSSR count). The summed E-state index contributed by atoms with van der Waals surface area (Å²) in [6.07, 6.45) is -0.0258. The smallest absolute Gasteiger partial charge is 0.343 e. The Morgan fingerprint density at radius 2 is 1.68 bits per heavy atom. The lowest BCUT2D eigenvalue weighted by Crippen LogP contribution is -2.27. The summed E-state index contributed by atoms with van der Waals surface area (Å²) in [5, 5.41) is 0.564. The maximum atomic E-state index is 12.8. The largest absolute Gasteiger partial charge is 0.493 e. The van der Waals surface area contributed by atoms with Gasteiger partial charge in [-0.1, -0.05) is 18.2 Å². The van der Waals surface area contributed by atoms with Crippen LogP contribution in [0.1, 0.15) is 23.5 Å². The summed E-state index contributed by atoms with van der Waals surface area (Å²) < 4.78 is 27.2. The number of rotatable bonds is 4. The zero-order chi connectivity index (χ0) is 19.8. The lowest BCUT2D eigenvalue weighted by Gasteiger charge is -2.26. The summed E-state index contributed by atoms with van der Waals surface area (Å²) in [6.45, 7) is 0. The van der Waals surface area contributed by atoms with Gasteiger partial charge in [-0.15, -0.1) is 0 Å². The summed E-state index contributed by atoms with van der Waals surface area (Å²) in [6, 6.07) is 10.4. The standard InChI is InChI=1S/C21H18O7/c1-24-15-9-8-11(19(25-2)20(15)26-3)13-10-16(22)28-18-12-6-4-5-7-14(12)27-21(23)17(13)18/h4-9,13H,10H2,1-3H3/t13-/m0/s1. The second kappa shape index (κ2) is 6.92. The lowest BCUT2D eigenvalue weighted by molar-refractivity contribution is -0.135. The molecule has 144 valence electrons. The Bertz CT molecular complexity index is 1130. The molecule has 7 nitrogen and oxygen atoms in total. The van der Waals surface area contributed by atoms with E-state index in [0.717, 1.165) is 0 Å². The molecule has 0 saturated heterocycles. The highest BCUT2D eigenvalue weighted by Gasteiger charge is 2.36. The number of benzene rings is 2. The normalized spacial score (nSPS) is 15.7. The fourth-order valence-corrected chi connectivity index (χ4v) is 3.63. The third kappa shape index (κ3) is 2.67. The van der Waals surface area contributed by atoms with Crippen molar-refractivity contribution in [2.75, 3.05) is 21.3 Å². The minimum atomic E-state index is -0.605. The number of carbonyl (C=O) groups excluding carboxylic acids is 1. The average molecular weight is 382 g/mol. The number of methoxy groups -OCH3 is 3. The lowest BCUT2D eigenvalue weighted by atomic mass is 9.86. The van der Waals surface area contributed by atoms with Crippen LogP contribution >= 0.6 is 0 Å². The first-order valence-electron chi connectivity index (χ1n) is 8.64. The molecule has 0 unspecified atom stereocenters. The molecular formula is C21H18O7. The van der Waals surface area contributed by atoms with E-state index >= 15 is 0 Å². The van der Waals surface area contributed by atoms with Crippen LogP contribution in [0.4, 0.5) is 0 Å². The Labute approximate surface area is 160 Å². The Hall–Kier alpha value is -3.48. The summed E-state index contributed by atoms with van der Waals surface area (Å²) in [5.74, 6) is 0.433. The number of fused-ring (bicyclic) bond motifs is 3. The maximum absolute atomic E-state index is 12.8. The van der Waals surface area contributed by atoms with Crippen LogP contribution in [0.2, 0.25) is 0 Å². The Morgan fingerprint density at radius 3 is 2.39 bits per heavy atom. The van der Waals surface area contributed by atoms with E-state index < -0.39 is 17.5 Å². The van der Waals surface area contributed by atoms with Crippen molar-refractivity contribution >= 4 is 16.9 Å². The zero-order valence-corrected chi connectivity index (χ0v) is 15.6. The van der Waals surface area contributed by atoms with Gasteiger partial charge < -0.3 is 23.4 Å². The molecule has 0 saturated carbocycles. The van der Waals surface area contributed by atoms with E-state index in [1.165, 1.54) is 21.3 Å². The number of para-hydroxylation sites is 1. The van der Waals surface area contributed by atoms with Crippen molar-refractivity contribution in [3.8, 4) is 23.0 Å². The van der Waals surface area contributed by atoms with Crippen LogP contribution < -0.4 is 24.6 Å². The molecule has 0 fully saturated rings. The van der Waals surface area contributed by atoms with Gasteiger partial charge in [-0.2, -0.15) is 0 Å². The monoisotopic (exact) mass is 382 g/mol. The van der Waals surface area contributed by atoms with Gasteiger partial charge >= 0.3 is 11.6 Å². The van der Waals surface area contributed by atoms with Gasteiger partial charge in [0.25, 0.3) is 0 Å². The summed E-state index contributed by atoms with van der Waals surface area (Å²) in [7, 11) is 4.51. The van der Waals surface area contributed by atoms with Crippen molar-refractivity contribution in [2.45, 2.75) is 12.3 Å². The van der Waals surface area contributed by atoms with Crippen LogP contribution in [0.3, 0.4) is 0 Å². The molecule has 2 aromatic carbocycles. The minimum absolute atomic E-state index is 0.0258. The fraction of sp³-hybridized carbons (Fsp3) is 0.238. The van der Waals surface area contributed by atoms with Crippen LogP contribution in [0.5, 0.6) is 23.0 Å². The molecule has 28 heavy (non-hydrogen) atoms. The number of hydrogen-bond donors (Lipinski definition) is 0. The molecule has 2 heterocycles. The molecule has 0 amide bonds. The topological polar surface area (TPSA) is 84.2 Å². The highest BCUT2D eigenvalue weighted by molar-refractivity contribution is 5.90. The first-order chi connectivity index (χ1) is 13.6. The molecule has 1 aliphatic heterocycles. The van der Waals surface area contributed by atoms with Crippen molar-refractivity contribution in [3.63, 3.8) is 0 Å². The maximum Gasteiger partial charge on any atom is 0.343 e. The first-order valence-corrected chi connectivity index (χ1v) is 8.64. The fourth-order valence-electron chi connectivity index (χ4n) is 3.63. The van der Waals surface area contributed by atoms with Crippen molar-refractivity contribution in [1.29, 1.82) is 0 Å². The van der Waals surface area contributed by atoms with Crippen molar-refractivity contribution < 1.29 is 28.2 Å². The van der Waals surface area contributed by atoms with Crippen LogP contribution in [0.25, 0.3) is 11.0 Å². The summed E-state index contributed by atoms with van der Waals surface area (Å²) >= 11 is 0. The molecular weight excluding hydrogens is 364 g/mol.